The molecule has 9 heteroatoms. The molecular weight excluding hydrogens is 522 g/mol. The number of carbonyl (C=O) groups is 2. The Labute approximate surface area is 239 Å². The largest absolute Gasteiger partial charge is 0.468 e. The number of nitro groups is 1. The molecule has 3 aromatic carbocycles. The first kappa shape index (κ1) is 29.4. The van der Waals surface area contributed by atoms with Crippen molar-refractivity contribution >= 4 is 23.3 Å². The van der Waals surface area contributed by atoms with Crippen molar-refractivity contribution in [2.75, 3.05) is 20.7 Å². The van der Waals surface area contributed by atoms with Crippen molar-refractivity contribution in [3.8, 4) is 0 Å². The Hall–Kier alpha value is -4.63. The quantitative estimate of drug-likeness (QED) is 0.181. The predicted molar refractivity (Wildman–Crippen MR) is 155 cm³/mol. The molecule has 1 heterocycles. The van der Waals surface area contributed by atoms with Crippen molar-refractivity contribution in [3.05, 3.63) is 123 Å². The lowest BCUT2D eigenvalue weighted by Gasteiger charge is -2.32. The van der Waals surface area contributed by atoms with E-state index in [0.717, 1.165) is 11.1 Å². The number of hydrogen-bond acceptors (Lipinski definition) is 8. The second kappa shape index (κ2) is 13.1. The van der Waals surface area contributed by atoms with Crippen molar-refractivity contribution in [2.24, 2.45) is 10.9 Å². The van der Waals surface area contributed by atoms with Gasteiger partial charge in [-0.25, -0.2) is 4.79 Å². The van der Waals surface area contributed by atoms with Gasteiger partial charge in [-0.15, -0.1) is 0 Å². The monoisotopic (exact) mass is 555 g/mol. The van der Waals surface area contributed by atoms with Gasteiger partial charge < -0.3 is 9.47 Å². The summed E-state index contributed by atoms with van der Waals surface area (Å²) in [5, 5.41) is 12.0. The van der Waals surface area contributed by atoms with Crippen LogP contribution in [0.1, 0.15) is 42.6 Å². The van der Waals surface area contributed by atoms with Gasteiger partial charge in [-0.3, -0.25) is 24.8 Å². The van der Waals surface area contributed by atoms with Crippen molar-refractivity contribution in [1.29, 1.82) is 0 Å². The number of rotatable bonds is 10. The SMILES string of the molecule is COC(=O)C1C(C)=NC(C)=C(C(=O)OC(CN(C)Cc2ccccc2)c2ccccc2)C1c1ccccc1[N+](=O)[O-]. The third kappa shape index (κ3) is 6.75. The smallest absolute Gasteiger partial charge is 0.337 e. The van der Waals surface area contributed by atoms with E-state index in [9.17, 15) is 19.7 Å². The van der Waals surface area contributed by atoms with E-state index in [2.05, 4.69) is 9.89 Å². The van der Waals surface area contributed by atoms with E-state index in [1.807, 2.05) is 67.7 Å². The number of likely N-dealkylation sites (N-methyl/N-ethyl adjacent to an activating group) is 1. The van der Waals surface area contributed by atoms with Crippen molar-refractivity contribution < 1.29 is 24.0 Å². The summed E-state index contributed by atoms with van der Waals surface area (Å²) in [6, 6.07) is 25.4. The molecule has 212 valence electrons. The minimum Gasteiger partial charge on any atom is -0.468 e. The summed E-state index contributed by atoms with van der Waals surface area (Å²) >= 11 is 0. The summed E-state index contributed by atoms with van der Waals surface area (Å²) in [6.07, 6.45) is -0.660. The molecule has 0 spiro atoms. The highest BCUT2D eigenvalue weighted by molar-refractivity contribution is 6.07. The van der Waals surface area contributed by atoms with Gasteiger partial charge in [-0.1, -0.05) is 78.9 Å². The lowest BCUT2D eigenvalue weighted by molar-refractivity contribution is -0.385. The van der Waals surface area contributed by atoms with Crippen LogP contribution in [-0.4, -0.2) is 48.2 Å². The molecular formula is C32H33N3O6. The second-order valence-electron chi connectivity index (χ2n) is 10.0. The minimum atomic E-state index is -1.04. The standard InChI is InChI=1S/C32H33N3O6/c1-21-28(31(36)40-4)30(25-17-11-12-18-26(25)35(38)39)29(22(2)33-21)32(37)41-27(24-15-9-6-10-16-24)20-34(3)19-23-13-7-5-8-14-23/h5-18,27-28,30H,19-20H2,1-4H3. The summed E-state index contributed by atoms with van der Waals surface area (Å²) in [5.74, 6) is -3.40. The Balaban J connectivity index is 1.74. The topological polar surface area (TPSA) is 111 Å². The maximum absolute atomic E-state index is 14.1. The van der Waals surface area contributed by atoms with Crippen LogP contribution < -0.4 is 0 Å². The molecule has 0 amide bonds. The van der Waals surface area contributed by atoms with E-state index < -0.39 is 34.8 Å². The Bertz CT molecular complexity index is 1470. The number of esters is 2. The summed E-state index contributed by atoms with van der Waals surface area (Å²) < 4.78 is 11.2. The highest BCUT2D eigenvalue weighted by atomic mass is 16.6. The van der Waals surface area contributed by atoms with Crippen molar-refractivity contribution in [1.82, 2.24) is 4.90 Å². The zero-order valence-electron chi connectivity index (χ0n) is 23.5. The molecule has 1 aliphatic heterocycles. The van der Waals surface area contributed by atoms with Gasteiger partial charge in [-0.2, -0.15) is 0 Å². The van der Waals surface area contributed by atoms with Crippen LogP contribution in [0.2, 0.25) is 0 Å². The zero-order chi connectivity index (χ0) is 29.5. The number of benzene rings is 3. The van der Waals surface area contributed by atoms with Gasteiger partial charge in [0.25, 0.3) is 5.69 Å². The number of allylic oxidation sites excluding steroid dienone is 1. The van der Waals surface area contributed by atoms with Gasteiger partial charge in [0, 0.05) is 42.0 Å². The number of carbonyl (C=O) groups excluding carboxylic acids is 2. The Morgan fingerprint density at radius 1 is 0.976 bits per heavy atom. The maximum atomic E-state index is 14.1. The van der Waals surface area contributed by atoms with Crippen LogP contribution >= 0.6 is 0 Å². The fraction of sp³-hybridized carbons (Fsp3) is 0.281. The van der Waals surface area contributed by atoms with Crippen LogP contribution in [0.3, 0.4) is 0 Å². The lowest BCUT2D eigenvalue weighted by atomic mass is 9.75. The van der Waals surface area contributed by atoms with E-state index in [4.69, 9.17) is 9.47 Å². The first-order chi connectivity index (χ1) is 19.7. The van der Waals surface area contributed by atoms with Gasteiger partial charge in [0.05, 0.1) is 17.6 Å². The average Bonchev–Trinajstić information content (AvgIpc) is 2.96. The molecule has 41 heavy (non-hydrogen) atoms. The molecule has 0 aromatic heterocycles. The molecule has 0 bridgehead atoms. The third-order valence-electron chi connectivity index (χ3n) is 7.17. The van der Waals surface area contributed by atoms with Crippen LogP contribution in [0.4, 0.5) is 5.69 Å². The highest BCUT2D eigenvalue weighted by Gasteiger charge is 2.45. The molecule has 4 rings (SSSR count). The first-order valence-corrected chi connectivity index (χ1v) is 13.3. The lowest BCUT2D eigenvalue weighted by Crippen LogP contribution is -2.37. The number of hydrogen-bond donors (Lipinski definition) is 0. The molecule has 3 atom stereocenters. The normalized spacial score (nSPS) is 17.5. The number of methoxy groups -OCH3 is 1. The van der Waals surface area contributed by atoms with E-state index in [1.165, 1.54) is 13.2 Å². The Kier molecular flexibility index (Phi) is 9.41. The van der Waals surface area contributed by atoms with E-state index in [1.54, 1.807) is 32.0 Å². The molecule has 0 N–H and O–H groups in total. The van der Waals surface area contributed by atoms with Gasteiger partial charge in [0.1, 0.15) is 12.0 Å². The van der Waals surface area contributed by atoms with Crippen LogP contribution in [0.5, 0.6) is 0 Å². The molecule has 0 saturated carbocycles. The maximum Gasteiger partial charge on any atom is 0.337 e. The average molecular weight is 556 g/mol. The van der Waals surface area contributed by atoms with E-state index in [-0.39, 0.29) is 16.8 Å². The van der Waals surface area contributed by atoms with Gasteiger partial charge in [0.2, 0.25) is 0 Å². The van der Waals surface area contributed by atoms with Crippen molar-refractivity contribution in [3.63, 3.8) is 0 Å². The number of aliphatic imine (C=N–C) groups is 1. The second-order valence-corrected chi connectivity index (χ2v) is 10.0. The zero-order valence-corrected chi connectivity index (χ0v) is 23.5. The Morgan fingerprint density at radius 2 is 1.59 bits per heavy atom. The van der Waals surface area contributed by atoms with Crippen LogP contribution in [0, 0.1) is 16.0 Å². The molecule has 0 fully saturated rings. The van der Waals surface area contributed by atoms with Crippen LogP contribution in [-0.2, 0) is 25.6 Å². The Morgan fingerprint density at radius 3 is 2.22 bits per heavy atom. The fourth-order valence-electron chi connectivity index (χ4n) is 5.30. The third-order valence-corrected chi connectivity index (χ3v) is 7.17. The summed E-state index contributed by atoms with van der Waals surface area (Å²) in [7, 11) is 3.18. The van der Waals surface area contributed by atoms with Crippen LogP contribution in [0.25, 0.3) is 0 Å². The molecule has 1 aliphatic rings. The molecule has 0 aliphatic carbocycles. The molecule has 0 saturated heterocycles. The molecule has 3 aromatic rings. The van der Waals surface area contributed by atoms with Gasteiger partial charge in [0.15, 0.2) is 0 Å². The minimum absolute atomic E-state index is 0.0898. The van der Waals surface area contributed by atoms with Gasteiger partial charge >= 0.3 is 11.9 Å². The predicted octanol–water partition coefficient (Wildman–Crippen LogP) is 5.63. The van der Waals surface area contributed by atoms with E-state index in [0.29, 0.717) is 24.5 Å². The number of ether oxygens (including phenoxy) is 2. The van der Waals surface area contributed by atoms with Gasteiger partial charge in [-0.05, 0) is 32.0 Å². The fourth-order valence-corrected chi connectivity index (χ4v) is 5.30. The molecule has 9 nitrogen and oxygen atoms in total. The number of nitro benzene ring substituents is 1. The van der Waals surface area contributed by atoms with Crippen LogP contribution in [0.15, 0.2) is 101 Å². The number of nitrogens with zero attached hydrogens (tertiary/aromatic N) is 3. The summed E-state index contributed by atoms with van der Waals surface area (Å²) in [5.41, 5.74) is 2.73. The molecule has 0 radical (unpaired) electrons. The highest BCUT2D eigenvalue weighted by Crippen LogP contribution is 2.43. The molecule has 3 unspecified atom stereocenters. The summed E-state index contributed by atoms with van der Waals surface area (Å²) in [4.78, 5) is 45.1. The van der Waals surface area contributed by atoms with E-state index >= 15 is 0 Å². The summed E-state index contributed by atoms with van der Waals surface area (Å²) in [6.45, 7) is 4.32. The van der Waals surface area contributed by atoms with Crippen molar-refractivity contribution in [2.45, 2.75) is 32.4 Å². The first-order valence-electron chi connectivity index (χ1n) is 13.3. The number of para-hydroxylation sites is 1.